The van der Waals surface area contributed by atoms with Gasteiger partial charge in [-0.25, -0.2) is 4.39 Å². The van der Waals surface area contributed by atoms with Crippen LogP contribution in [0, 0.1) is 5.92 Å². The predicted molar refractivity (Wildman–Crippen MR) is 69.0 cm³/mol. The smallest absolute Gasteiger partial charge is 0.161 e. The first-order chi connectivity index (χ1) is 8.76. The lowest BCUT2D eigenvalue weighted by Crippen LogP contribution is -2.32. The van der Waals surface area contributed by atoms with Crippen molar-refractivity contribution in [1.82, 2.24) is 5.32 Å². The number of methoxy groups -OCH3 is 2. The highest BCUT2D eigenvalue weighted by molar-refractivity contribution is 5.43. The minimum atomic E-state index is -0.947. The highest BCUT2D eigenvalue weighted by atomic mass is 19.1. The van der Waals surface area contributed by atoms with Gasteiger partial charge in [0, 0.05) is 12.5 Å². The Morgan fingerprint density at radius 1 is 1.28 bits per heavy atom. The van der Waals surface area contributed by atoms with Crippen molar-refractivity contribution in [1.29, 1.82) is 0 Å². The standard InChI is InChI=1S/C14H20FNO2/c1-17-12-6-5-10(8-13(12)18-2)14(15)11-4-3-7-16-9-11/h5-6,8,11,14,16H,3-4,7,9H2,1-2H3. The summed E-state index contributed by atoms with van der Waals surface area (Å²) in [6.45, 7) is 1.74. The summed E-state index contributed by atoms with van der Waals surface area (Å²) in [5, 5.41) is 3.24. The summed E-state index contributed by atoms with van der Waals surface area (Å²) in [4.78, 5) is 0. The summed E-state index contributed by atoms with van der Waals surface area (Å²) in [6, 6.07) is 5.27. The number of piperidine rings is 1. The van der Waals surface area contributed by atoms with Crippen LogP contribution in [-0.2, 0) is 0 Å². The molecule has 18 heavy (non-hydrogen) atoms. The Balaban J connectivity index is 2.16. The average molecular weight is 253 g/mol. The van der Waals surface area contributed by atoms with E-state index in [1.165, 1.54) is 0 Å². The van der Waals surface area contributed by atoms with Crippen LogP contribution in [0.5, 0.6) is 11.5 Å². The van der Waals surface area contributed by atoms with Crippen LogP contribution in [0.4, 0.5) is 4.39 Å². The molecule has 0 amide bonds. The van der Waals surface area contributed by atoms with E-state index in [0.29, 0.717) is 17.1 Å². The molecule has 1 aliphatic heterocycles. The van der Waals surface area contributed by atoms with Crippen LogP contribution in [0.15, 0.2) is 18.2 Å². The molecule has 1 heterocycles. The van der Waals surface area contributed by atoms with E-state index >= 15 is 0 Å². The average Bonchev–Trinajstić information content (AvgIpc) is 2.46. The molecule has 1 aliphatic rings. The van der Waals surface area contributed by atoms with Gasteiger partial charge in [-0.05, 0) is 37.1 Å². The van der Waals surface area contributed by atoms with Gasteiger partial charge in [-0.15, -0.1) is 0 Å². The highest BCUT2D eigenvalue weighted by Crippen LogP contribution is 2.35. The molecule has 0 radical (unpaired) electrons. The second-order valence-electron chi connectivity index (χ2n) is 4.62. The zero-order chi connectivity index (χ0) is 13.0. The van der Waals surface area contributed by atoms with Gasteiger partial charge in [0.05, 0.1) is 14.2 Å². The second-order valence-corrected chi connectivity index (χ2v) is 4.62. The molecular formula is C14H20FNO2. The molecule has 1 fully saturated rings. The Kier molecular flexibility index (Phi) is 4.42. The van der Waals surface area contributed by atoms with Crippen LogP contribution in [0.25, 0.3) is 0 Å². The van der Waals surface area contributed by atoms with Crippen LogP contribution in [0.3, 0.4) is 0 Å². The molecule has 2 rings (SSSR count). The summed E-state index contributed by atoms with van der Waals surface area (Å²) >= 11 is 0. The zero-order valence-electron chi connectivity index (χ0n) is 10.9. The van der Waals surface area contributed by atoms with Crippen molar-refractivity contribution < 1.29 is 13.9 Å². The normalized spacial score (nSPS) is 21.4. The first-order valence-corrected chi connectivity index (χ1v) is 6.33. The lowest BCUT2D eigenvalue weighted by molar-refractivity contribution is 0.194. The van der Waals surface area contributed by atoms with Crippen LogP contribution in [-0.4, -0.2) is 27.3 Å². The predicted octanol–water partition coefficient (Wildman–Crippen LogP) is 2.71. The fourth-order valence-electron chi connectivity index (χ4n) is 2.43. The molecule has 0 aliphatic carbocycles. The number of alkyl halides is 1. The van der Waals surface area contributed by atoms with Crippen LogP contribution in [0.1, 0.15) is 24.6 Å². The number of benzene rings is 1. The summed E-state index contributed by atoms with van der Waals surface area (Å²) in [6.07, 6.45) is 1.03. The number of nitrogens with one attached hydrogen (secondary N) is 1. The number of halogens is 1. The number of rotatable bonds is 4. The van der Waals surface area contributed by atoms with Gasteiger partial charge >= 0.3 is 0 Å². The van der Waals surface area contributed by atoms with Crippen molar-refractivity contribution >= 4 is 0 Å². The van der Waals surface area contributed by atoms with Crippen molar-refractivity contribution in [2.24, 2.45) is 5.92 Å². The van der Waals surface area contributed by atoms with E-state index in [1.54, 1.807) is 32.4 Å². The van der Waals surface area contributed by atoms with E-state index in [4.69, 9.17) is 9.47 Å². The molecule has 4 heteroatoms. The van der Waals surface area contributed by atoms with Gasteiger partial charge in [0.25, 0.3) is 0 Å². The maximum atomic E-state index is 14.4. The minimum Gasteiger partial charge on any atom is -0.493 e. The molecular weight excluding hydrogens is 233 g/mol. The third-order valence-corrected chi connectivity index (χ3v) is 3.47. The van der Waals surface area contributed by atoms with Crippen molar-refractivity contribution in [3.63, 3.8) is 0 Å². The molecule has 1 aromatic carbocycles. The Morgan fingerprint density at radius 2 is 2.06 bits per heavy atom. The maximum Gasteiger partial charge on any atom is 0.161 e. The molecule has 0 bridgehead atoms. The van der Waals surface area contributed by atoms with Crippen molar-refractivity contribution in [3.8, 4) is 11.5 Å². The summed E-state index contributed by atoms with van der Waals surface area (Å²) in [5.74, 6) is 1.27. The Hall–Kier alpha value is -1.29. The topological polar surface area (TPSA) is 30.5 Å². The second kappa shape index (κ2) is 6.05. The van der Waals surface area contributed by atoms with E-state index in [-0.39, 0.29) is 5.92 Å². The molecule has 2 unspecified atom stereocenters. The first-order valence-electron chi connectivity index (χ1n) is 6.33. The Labute approximate surface area is 107 Å². The Morgan fingerprint density at radius 3 is 2.67 bits per heavy atom. The molecule has 100 valence electrons. The molecule has 1 N–H and O–H groups in total. The van der Waals surface area contributed by atoms with Crippen molar-refractivity contribution in [2.45, 2.75) is 19.0 Å². The van der Waals surface area contributed by atoms with E-state index in [2.05, 4.69) is 5.32 Å². The number of ether oxygens (including phenoxy) is 2. The lowest BCUT2D eigenvalue weighted by Gasteiger charge is -2.26. The van der Waals surface area contributed by atoms with Crippen LogP contribution < -0.4 is 14.8 Å². The van der Waals surface area contributed by atoms with Gasteiger partial charge in [0.15, 0.2) is 11.5 Å². The highest BCUT2D eigenvalue weighted by Gasteiger charge is 2.25. The quantitative estimate of drug-likeness (QED) is 0.895. The fourth-order valence-corrected chi connectivity index (χ4v) is 2.43. The monoisotopic (exact) mass is 253 g/mol. The summed E-state index contributed by atoms with van der Waals surface area (Å²) < 4.78 is 24.8. The Bertz CT molecular complexity index is 391. The van der Waals surface area contributed by atoms with Gasteiger partial charge in [0.1, 0.15) is 6.17 Å². The molecule has 0 saturated carbocycles. The molecule has 3 nitrogen and oxygen atoms in total. The summed E-state index contributed by atoms with van der Waals surface area (Å²) in [7, 11) is 3.15. The van der Waals surface area contributed by atoms with Crippen molar-refractivity contribution in [3.05, 3.63) is 23.8 Å². The number of hydrogen-bond acceptors (Lipinski definition) is 3. The maximum absolute atomic E-state index is 14.4. The van der Waals surface area contributed by atoms with Gasteiger partial charge in [-0.2, -0.15) is 0 Å². The SMILES string of the molecule is COc1ccc(C(F)C2CCCNC2)cc1OC. The van der Waals surface area contributed by atoms with Gasteiger partial charge < -0.3 is 14.8 Å². The third-order valence-electron chi connectivity index (χ3n) is 3.47. The fraction of sp³-hybridized carbons (Fsp3) is 0.571. The molecule has 0 spiro atoms. The van der Waals surface area contributed by atoms with E-state index < -0.39 is 6.17 Å². The van der Waals surface area contributed by atoms with E-state index in [9.17, 15) is 4.39 Å². The third kappa shape index (κ3) is 2.75. The van der Waals surface area contributed by atoms with E-state index in [1.807, 2.05) is 0 Å². The van der Waals surface area contributed by atoms with Gasteiger partial charge in [-0.1, -0.05) is 6.07 Å². The van der Waals surface area contributed by atoms with Crippen molar-refractivity contribution in [2.75, 3.05) is 27.3 Å². The largest absolute Gasteiger partial charge is 0.493 e. The first kappa shape index (κ1) is 13.1. The molecule has 0 aromatic heterocycles. The van der Waals surface area contributed by atoms with Gasteiger partial charge in [0.2, 0.25) is 0 Å². The van der Waals surface area contributed by atoms with Crippen LogP contribution >= 0.6 is 0 Å². The lowest BCUT2D eigenvalue weighted by atomic mass is 9.90. The van der Waals surface area contributed by atoms with Gasteiger partial charge in [-0.3, -0.25) is 0 Å². The molecule has 2 atom stereocenters. The van der Waals surface area contributed by atoms with E-state index in [0.717, 1.165) is 25.9 Å². The minimum absolute atomic E-state index is 0.0526. The van der Waals surface area contributed by atoms with Crippen LogP contribution in [0.2, 0.25) is 0 Å². The summed E-state index contributed by atoms with van der Waals surface area (Å²) in [5.41, 5.74) is 0.668. The zero-order valence-corrected chi connectivity index (χ0v) is 10.9. The number of hydrogen-bond donors (Lipinski definition) is 1. The molecule has 1 aromatic rings. The molecule has 1 saturated heterocycles.